The SMILES string of the molecule is CCCCOCCO[N+](=O)OCCOCCCC. The van der Waals surface area contributed by atoms with E-state index in [2.05, 4.69) is 13.8 Å². The Morgan fingerprint density at radius 2 is 1.17 bits per heavy atom. The number of rotatable bonds is 14. The van der Waals surface area contributed by atoms with Gasteiger partial charge in [-0.25, -0.2) is 0 Å². The molecule has 0 heterocycles. The van der Waals surface area contributed by atoms with Gasteiger partial charge in [0, 0.05) is 13.2 Å². The van der Waals surface area contributed by atoms with E-state index in [1.807, 2.05) is 0 Å². The van der Waals surface area contributed by atoms with E-state index in [0.717, 1.165) is 25.7 Å². The van der Waals surface area contributed by atoms with E-state index in [-0.39, 0.29) is 18.3 Å². The number of unbranched alkanes of at least 4 members (excludes halogenated alkanes) is 2. The Morgan fingerprint density at radius 3 is 1.56 bits per heavy atom. The van der Waals surface area contributed by atoms with Crippen molar-refractivity contribution in [1.82, 2.24) is 0 Å². The van der Waals surface area contributed by atoms with Gasteiger partial charge in [0.2, 0.25) is 0 Å². The standard InChI is InChI=1S/C12H26NO5/c1-3-5-7-15-9-11-17-13(14)18-12-10-16-8-6-4-2/h3-12H2,1-2H3/q+1. The molecule has 0 saturated heterocycles. The van der Waals surface area contributed by atoms with Crippen molar-refractivity contribution in [3.05, 3.63) is 4.91 Å². The van der Waals surface area contributed by atoms with Crippen LogP contribution in [0, 0.1) is 4.91 Å². The summed E-state index contributed by atoms with van der Waals surface area (Å²) in [6.07, 6.45) is 4.23. The van der Waals surface area contributed by atoms with Crippen molar-refractivity contribution in [2.45, 2.75) is 39.5 Å². The maximum atomic E-state index is 11.0. The van der Waals surface area contributed by atoms with Gasteiger partial charge in [-0.1, -0.05) is 26.7 Å². The second kappa shape index (κ2) is 14.2. The highest BCUT2D eigenvalue weighted by Gasteiger charge is 2.11. The van der Waals surface area contributed by atoms with Gasteiger partial charge in [-0.05, 0) is 12.8 Å². The third-order valence-corrected chi connectivity index (χ3v) is 2.13. The molecule has 0 unspecified atom stereocenters. The zero-order valence-corrected chi connectivity index (χ0v) is 11.6. The van der Waals surface area contributed by atoms with Crippen LogP contribution in [0.5, 0.6) is 0 Å². The molecule has 0 aliphatic rings. The molecule has 0 aromatic heterocycles. The molecule has 0 bridgehead atoms. The van der Waals surface area contributed by atoms with E-state index in [9.17, 15) is 4.91 Å². The smallest absolute Gasteiger partial charge is 0.378 e. The van der Waals surface area contributed by atoms with Crippen LogP contribution in [-0.2, 0) is 19.1 Å². The topological polar surface area (TPSA) is 57.0 Å². The van der Waals surface area contributed by atoms with Gasteiger partial charge < -0.3 is 9.47 Å². The molecule has 0 aromatic carbocycles. The predicted octanol–water partition coefficient (Wildman–Crippen LogP) is 2.26. The minimum absolute atomic E-state index is 0.117. The number of ether oxygens (including phenoxy) is 2. The zero-order valence-electron chi connectivity index (χ0n) is 11.6. The third-order valence-electron chi connectivity index (χ3n) is 2.13. The quantitative estimate of drug-likeness (QED) is 0.356. The van der Waals surface area contributed by atoms with Crippen LogP contribution in [0.25, 0.3) is 0 Å². The van der Waals surface area contributed by atoms with Gasteiger partial charge in [0.15, 0.2) is 13.2 Å². The average Bonchev–Trinajstić information content (AvgIpc) is 2.38. The van der Waals surface area contributed by atoms with Gasteiger partial charge in [0.1, 0.15) is 4.91 Å². The second-order valence-electron chi connectivity index (χ2n) is 3.82. The molecule has 0 aliphatic carbocycles. The maximum Gasteiger partial charge on any atom is 0.477 e. The summed E-state index contributed by atoms with van der Waals surface area (Å²) in [7, 11) is 0. The van der Waals surface area contributed by atoms with Crippen molar-refractivity contribution in [1.29, 1.82) is 0 Å². The fourth-order valence-electron chi connectivity index (χ4n) is 1.08. The molecule has 0 atom stereocenters. The Morgan fingerprint density at radius 1 is 0.722 bits per heavy atom. The number of hydrogen-bond donors (Lipinski definition) is 0. The monoisotopic (exact) mass is 264 g/mol. The lowest BCUT2D eigenvalue weighted by Crippen LogP contribution is -2.17. The van der Waals surface area contributed by atoms with E-state index in [0.29, 0.717) is 26.4 Å². The van der Waals surface area contributed by atoms with Crippen LogP contribution in [0.1, 0.15) is 39.5 Å². The number of nitrogens with zero attached hydrogens (tertiary/aromatic N) is 1. The molecular formula is C12H26NO5+. The normalized spacial score (nSPS) is 10.3. The lowest BCUT2D eigenvalue weighted by Gasteiger charge is -2.00. The van der Waals surface area contributed by atoms with Gasteiger partial charge in [0.05, 0.1) is 13.2 Å². The molecule has 0 N–H and O–H groups in total. The summed E-state index contributed by atoms with van der Waals surface area (Å²) >= 11 is 0. The fraction of sp³-hybridized carbons (Fsp3) is 1.00. The van der Waals surface area contributed by atoms with Gasteiger partial charge in [-0.2, -0.15) is 9.68 Å². The predicted molar refractivity (Wildman–Crippen MR) is 67.0 cm³/mol. The zero-order chi connectivity index (χ0) is 13.5. The van der Waals surface area contributed by atoms with Crippen LogP contribution in [0.4, 0.5) is 0 Å². The highest BCUT2D eigenvalue weighted by atomic mass is 17.0. The van der Waals surface area contributed by atoms with E-state index in [1.54, 1.807) is 0 Å². The molecule has 0 amide bonds. The van der Waals surface area contributed by atoms with Crippen molar-refractivity contribution >= 4 is 0 Å². The Bertz CT molecular complexity index is 171. The molecule has 0 spiro atoms. The van der Waals surface area contributed by atoms with Gasteiger partial charge in [0.25, 0.3) is 0 Å². The summed E-state index contributed by atoms with van der Waals surface area (Å²) in [6, 6.07) is 0. The lowest BCUT2D eigenvalue weighted by atomic mass is 10.4. The lowest BCUT2D eigenvalue weighted by molar-refractivity contribution is -0.981. The highest BCUT2D eigenvalue weighted by Crippen LogP contribution is 1.90. The maximum absolute atomic E-state index is 11.0. The molecule has 6 nitrogen and oxygen atoms in total. The number of hydrogen-bond acceptors (Lipinski definition) is 5. The molecule has 18 heavy (non-hydrogen) atoms. The average molecular weight is 264 g/mol. The van der Waals surface area contributed by atoms with Gasteiger partial charge >= 0.3 is 5.09 Å². The third kappa shape index (κ3) is 13.2. The minimum atomic E-state index is 0.117. The van der Waals surface area contributed by atoms with Crippen LogP contribution in [0.3, 0.4) is 0 Å². The summed E-state index contributed by atoms with van der Waals surface area (Å²) < 4.78 is 10.4. The fourth-order valence-corrected chi connectivity index (χ4v) is 1.08. The first-order chi connectivity index (χ1) is 8.81. The van der Waals surface area contributed by atoms with Gasteiger partial charge in [-0.15, -0.1) is 0 Å². The summed E-state index contributed by atoms with van der Waals surface area (Å²) in [4.78, 5) is 20.4. The molecule has 6 heteroatoms. The second-order valence-corrected chi connectivity index (χ2v) is 3.82. The molecule has 108 valence electrons. The van der Waals surface area contributed by atoms with Crippen LogP contribution in [0.15, 0.2) is 0 Å². The van der Waals surface area contributed by atoms with Crippen molar-refractivity contribution in [3.8, 4) is 0 Å². The molecule has 0 radical (unpaired) electrons. The first-order valence-electron chi connectivity index (χ1n) is 6.69. The summed E-state index contributed by atoms with van der Waals surface area (Å²) in [5.41, 5.74) is 0. The molecule has 0 fully saturated rings. The van der Waals surface area contributed by atoms with Crippen molar-refractivity contribution < 1.29 is 24.2 Å². The highest BCUT2D eigenvalue weighted by molar-refractivity contribution is 4.32. The van der Waals surface area contributed by atoms with Crippen molar-refractivity contribution in [3.63, 3.8) is 0 Å². The van der Waals surface area contributed by atoms with E-state index in [1.165, 1.54) is 0 Å². The molecule has 0 saturated carbocycles. The molecule has 0 aromatic rings. The van der Waals surface area contributed by atoms with E-state index < -0.39 is 0 Å². The first kappa shape index (κ1) is 17.1. The molecule has 0 rings (SSSR count). The summed E-state index contributed by atoms with van der Waals surface area (Å²) in [5.74, 6) is 0. The Kier molecular flexibility index (Phi) is 13.5. The summed E-state index contributed by atoms with van der Waals surface area (Å²) in [5, 5.41) is 0.117. The van der Waals surface area contributed by atoms with E-state index >= 15 is 0 Å². The van der Waals surface area contributed by atoms with Crippen LogP contribution < -0.4 is 0 Å². The Labute approximate surface area is 109 Å². The summed E-state index contributed by atoms with van der Waals surface area (Å²) in [6.45, 7) is 6.78. The van der Waals surface area contributed by atoms with Crippen LogP contribution in [0.2, 0.25) is 0 Å². The Hall–Kier alpha value is -0.880. The molecular weight excluding hydrogens is 238 g/mol. The van der Waals surface area contributed by atoms with Crippen LogP contribution in [-0.4, -0.2) is 44.7 Å². The van der Waals surface area contributed by atoms with Crippen LogP contribution >= 0.6 is 0 Å². The van der Waals surface area contributed by atoms with Crippen molar-refractivity contribution in [2.24, 2.45) is 0 Å². The first-order valence-corrected chi connectivity index (χ1v) is 6.69. The molecule has 0 aliphatic heterocycles. The largest absolute Gasteiger partial charge is 0.477 e. The minimum Gasteiger partial charge on any atom is -0.378 e. The van der Waals surface area contributed by atoms with Crippen molar-refractivity contribution in [2.75, 3.05) is 39.6 Å². The Balaban J connectivity index is 3.12. The van der Waals surface area contributed by atoms with Gasteiger partial charge in [-0.3, -0.25) is 0 Å². The van der Waals surface area contributed by atoms with E-state index in [4.69, 9.17) is 19.1 Å².